The standard InChI is InChI=1S/C9H7FN2O2/c1-2-3-11-8-4-7(10)5-9(6-8)12(13)14/h1,4-6,11H,3H2. The number of nitro groups is 1. The maximum atomic E-state index is 12.8. The van der Waals surface area contributed by atoms with E-state index in [0.717, 1.165) is 12.1 Å². The molecule has 0 spiro atoms. The van der Waals surface area contributed by atoms with Crippen LogP contribution in [-0.2, 0) is 0 Å². The van der Waals surface area contributed by atoms with Gasteiger partial charge in [0.15, 0.2) is 0 Å². The number of non-ortho nitro benzene ring substituents is 1. The van der Waals surface area contributed by atoms with Crippen LogP contribution in [0.4, 0.5) is 15.8 Å². The predicted octanol–water partition coefficient (Wildman–Crippen LogP) is 1.78. The molecule has 0 bridgehead atoms. The third-order valence-electron chi connectivity index (χ3n) is 1.49. The van der Waals surface area contributed by atoms with Crippen molar-refractivity contribution < 1.29 is 9.31 Å². The highest BCUT2D eigenvalue weighted by molar-refractivity contribution is 5.52. The van der Waals surface area contributed by atoms with E-state index in [1.54, 1.807) is 0 Å². The normalized spacial score (nSPS) is 9.14. The molecule has 0 aromatic heterocycles. The van der Waals surface area contributed by atoms with Crippen LogP contribution in [0.15, 0.2) is 18.2 Å². The number of benzene rings is 1. The van der Waals surface area contributed by atoms with Crippen molar-refractivity contribution in [1.29, 1.82) is 0 Å². The van der Waals surface area contributed by atoms with Crippen LogP contribution in [0.25, 0.3) is 0 Å². The Labute approximate surface area is 79.9 Å². The number of halogens is 1. The summed E-state index contributed by atoms with van der Waals surface area (Å²) in [6.07, 6.45) is 4.97. The Hall–Kier alpha value is -2.09. The SMILES string of the molecule is C#CCNc1cc(F)cc([N+](=O)[O-])c1. The van der Waals surface area contributed by atoms with Crippen molar-refractivity contribution in [3.8, 4) is 12.3 Å². The third kappa shape index (κ3) is 2.45. The van der Waals surface area contributed by atoms with Crippen LogP contribution in [-0.4, -0.2) is 11.5 Å². The predicted molar refractivity (Wildman–Crippen MR) is 50.4 cm³/mol. The molecular formula is C9H7FN2O2. The van der Waals surface area contributed by atoms with Gasteiger partial charge >= 0.3 is 0 Å². The molecule has 72 valence electrons. The number of rotatable bonds is 3. The summed E-state index contributed by atoms with van der Waals surface area (Å²) in [5.74, 6) is 1.61. The van der Waals surface area contributed by atoms with E-state index >= 15 is 0 Å². The molecule has 0 saturated carbocycles. The highest BCUT2D eigenvalue weighted by atomic mass is 19.1. The molecule has 1 rings (SSSR count). The molecule has 0 saturated heterocycles. The van der Waals surface area contributed by atoms with Gasteiger partial charge in [0, 0.05) is 11.8 Å². The fourth-order valence-electron chi connectivity index (χ4n) is 0.935. The van der Waals surface area contributed by atoms with Crippen molar-refractivity contribution in [3.63, 3.8) is 0 Å². The quantitative estimate of drug-likeness (QED) is 0.453. The molecule has 0 heterocycles. The van der Waals surface area contributed by atoms with Gasteiger partial charge in [0.2, 0.25) is 0 Å². The van der Waals surface area contributed by atoms with Crippen molar-refractivity contribution in [2.45, 2.75) is 0 Å². The number of nitrogens with zero attached hydrogens (tertiary/aromatic N) is 1. The minimum Gasteiger partial charge on any atom is -0.374 e. The lowest BCUT2D eigenvalue weighted by Crippen LogP contribution is -1.99. The topological polar surface area (TPSA) is 55.2 Å². The summed E-state index contributed by atoms with van der Waals surface area (Å²) in [6, 6.07) is 3.21. The summed E-state index contributed by atoms with van der Waals surface area (Å²) in [5, 5.41) is 13.0. The van der Waals surface area contributed by atoms with Gasteiger partial charge in [-0.3, -0.25) is 10.1 Å². The first-order valence-corrected chi connectivity index (χ1v) is 3.76. The largest absolute Gasteiger partial charge is 0.374 e. The van der Waals surface area contributed by atoms with Gasteiger partial charge in [-0.1, -0.05) is 5.92 Å². The van der Waals surface area contributed by atoms with E-state index in [2.05, 4.69) is 11.2 Å². The van der Waals surface area contributed by atoms with Crippen LogP contribution in [0.3, 0.4) is 0 Å². The molecule has 0 amide bonds. The average molecular weight is 194 g/mol. The summed E-state index contributed by atoms with van der Waals surface area (Å²) in [5.41, 5.74) is -0.000767. The molecule has 1 N–H and O–H groups in total. The highest BCUT2D eigenvalue weighted by Gasteiger charge is 2.08. The van der Waals surface area contributed by atoms with Crippen molar-refractivity contribution >= 4 is 11.4 Å². The van der Waals surface area contributed by atoms with Gasteiger partial charge in [-0.05, 0) is 6.07 Å². The van der Waals surface area contributed by atoms with E-state index in [9.17, 15) is 14.5 Å². The molecule has 0 aliphatic carbocycles. The maximum Gasteiger partial charge on any atom is 0.274 e. The van der Waals surface area contributed by atoms with Crippen LogP contribution in [0.5, 0.6) is 0 Å². The van der Waals surface area contributed by atoms with Crippen LogP contribution < -0.4 is 5.32 Å². The molecule has 1 aromatic rings. The Balaban J connectivity index is 2.96. The zero-order chi connectivity index (χ0) is 10.6. The molecule has 5 heteroatoms. The van der Waals surface area contributed by atoms with Crippen molar-refractivity contribution in [2.75, 3.05) is 11.9 Å². The second-order valence-electron chi connectivity index (χ2n) is 2.51. The van der Waals surface area contributed by atoms with Crippen molar-refractivity contribution in [2.24, 2.45) is 0 Å². The summed E-state index contributed by atoms with van der Waals surface area (Å²) in [6.45, 7) is 0.195. The fourth-order valence-corrected chi connectivity index (χ4v) is 0.935. The Bertz CT molecular complexity index is 398. The number of anilines is 1. The van der Waals surface area contributed by atoms with Gasteiger partial charge < -0.3 is 5.32 Å². The smallest absolute Gasteiger partial charge is 0.274 e. The lowest BCUT2D eigenvalue weighted by molar-refractivity contribution is -0.385. The van der Waals surface area contributed by atoms with Crippen molar-refractivity contribution in [3.05, 3.63) is 34.1 Å². The first-order valence-electron chi connectivity index (χ1n) is 3.76. The van der Waals surface area contributed by atoms with E-state index in [-0.39, 0.29) is 12.2 Å². The van der Waals surface area contributed by atoms with Crippen LogP contribution in [0, 0.1) is 28.3 Å². The molecule has 1 aromatic carbocycles. The van der Waals surface area contributed by atoms with Gasteiger partial charge in [0.1, 0.15) is 5.82 Å². The average Bonchev–Trinajstić information content (AvgIpc) is 2.14. The molecular weight excluding hydrogens is 187 g/mol. The minimum absolute atomic E-state index is 0.195. The lowest BCUT2D eigenvalue weighted by atomic mass is 10.2. The third-order valence-corrected chi connectivity index (χ3v) is 1.49. The Kier molecular flexibility index (Phi) is 3.02. The fraction of sp³-hybridized carbons (Fsp3) is 0.111. The number of nitro benzene ring substituents is 1. The summed E-state index contributed by atoms with van der Waals surface area (Å²) < 4.78 is 12.8. The summed E-state index contributed by atoms with van der Waals surface area (Å²) in [7, 11) is 0. The van der Waals surface area contributed by atoms with E-state index in [4.69, 9.17) is 6.42 Å². The first-order chi connectivity index (χ1) is 6.63. The number of nitrogens with one attached hydrogen (secondary N) is 1. The minimum atomic E-state index is -0.668. The first kappa shape index (κ1) is 9.99. The van der Waals surface area contributed by atoms with Gasteiger partial charge in [0.25, 0.3) is 5.69 Å². The Morgan fingerprint density at radius 1 is 1.57 bits per heavy atom. The molecule has 14 heavy (non-hydrogen) atoms. The molecule has 0 radical (unpaired) electrons. The lowest BCUT2D eigenvalue weighted by Gasteiger charge is -2.01. The second-order valence-corrected chi connectivity index (χ2v) is 2.51. The number of hydrogen-bond acceptors (Lipinski definition) is 3. The van der Waals surface area contributed by atoms with E-state index in [1.165, 1.54) is 6.07 Å². The number of terminal acetylenes is 1. The number of hydrogen-bond donors (Lipinski definition) is 1. The summed E-state index contributed by atoms with van der Waals surface area (Å²) in [4.78, 5) is 9.69. The summed E-state index contributed by atoms with van der Waals surface area (Å²) >= 11 is 0. The molecule has 0 atom stereocenters. The van der Waals surface area contributed by atoms with Gasteiger partial charge in [-0.25, -0.2) is 4.39 Å². The molecule has 0 unspecified atom stereocenters. The van der Waals surface area contributed by atoms with Gasteiger partial charge in [-0.15, -0.1) is 6.42 Å². The maximum absolute atomic E-state index is 12.8. The van der Waals surface area contributed by atoms with E-state index in [0.29, 0.717) is 5.69 Å². The van der Waals surface area contributed by atoms with Crippen molar-refractivity contribution in [1.82, 2.24) is 0 Å². The van der Waals surface area contributed by atoms with Crippen LogP contribution >= 0.6 is 0 Å². The second kappa shape index (κ2) is 4.23. The van der Waals surface area contributed by atoms with Gasteiger partial charge in [-0.2, -0.15) is 0 Å². The Morgan fingerprint density at radius 3 is 2.86 bits per heavy atom. The van der Waals surface area contributed by atoms with Crippen LogP contribution in [0.1, 0.15) is 0 Å². The van der Waals surface area contributed by atoms with Gasteiger partial charge in [0.05, 0.1) is 17.5 Å². The molecule has 0 aliphatic heterocycles. The Morgan fingerprint density at radius 2 is 2.29 bits per heavy atom. The van der Waals surface area contributed by atoms with Crippen LogP contribution in [0.2, 0.25) is 0 Å². The molecule has 0 fully saturated rings. The molecule has 4 nitrogen and oxygen atoms in total. The van der Waals surface area contributed by atoms with E-state index in [1.807, 2.05) is 0 Å². The zero-order valence-corrected chi connectivity index (χ0v) is 7.16. The highest BCUT2D eigenvalue weighted by Crippen LogP contribution is 2.19. The zero-order valence-electron chi connectivity index (χ0n) is 7.16. The monoisotopic (exact) mass is 194 g/mol. The molecule has 0 aliphatic rings. The van der Waals surface area contributed by atoms with E-state index < -0.39 is 10.7 Å².